The Bertz CT molecular complexity index is 1090. The molecule has 1 aliphatic heterocycles. The second kappa shape index (κ2) is 8.19. The standard InChI is InChI=1S/C23H29ClN6O/c1-15-3-5-16(6-4-15)23(31)30-11-9-29(10-12-30)18-7-8-25-22-19(18)20(24)21(27-22)17-13-26-28(2)14-17/h7-8,13-16H,3-6,9-12H2,1-2H3,(H,25,27)/t15-,16-. The molecule has 5 rings (SSSR count). The molecule has 31 heavy (non-hydrogen) atoms. The van der Waals surface area contributed by atoms with Crippen LogP contribution in [-0.4, -0.2) is 56.7 Å². The number of halogens is 1. The Morgan fingerprint density at radius 2 is 1.90 bits per heavy atom. The molecule has 1 N–H and O–H groups in total. The van der Waals surface area contributed by atoms with Gasteiger partial charge >= 0.3 is 0 Å². The van der Waals surface area contributed by atoms with Crippen molar-refractivity contribution in [1.82, 2.24) is 24.6 Å². The first kappa shape index (κ1) is 20.4. The number of pyridine rings is 1. The van der Waals surface area contributed by atoms with Gasteiger partial charge in [0.1, 0.15) is 5.65 Å². The van der Waals surface area contributed by atoms with Crippen LogP contribution in [-0.2, 0) is 11.8 Å². The number of aromatic amines is 1. The molecule has 0 bridgehead atoms. The van der Waals surface area contributed by atoms with Crippen LogP contribution in [0.15, 0.2) is 24.7 Å². The molecule has 0 radical (unpaired) electrons. The molecule has 164 valence electrons. The molecule has 0 spiro atoms. The lowest BCUT2D eigenvalue weighted by atomic mass is 9.82. The number of nitrogens with one attached hydrogen (secondary N) is 1. The van der Waals surface area contributed by atoms with E-state index in [9.17, 15) is 4.79 Å². The van der Waals surface area contributed by atoms with Crippen LogP contribution in [0.5, 0.6) is 0 Å². The van der Waals surface area contributed by atoms with Gasteiger partial charge in [-0.2, -0.15) is 5.10 Å². The quantitative estimate of drug-likeness (QED) is 0.665. The maximum Gasteiger partial charge on any atom is 0.225 e. The number of amides is 1. The Labute approximate surface area is 187 Å². The minimum atomic E-state index is 0.219. The number of carbonyl (C=O) groups excluding carboxylic acids is 1. The largest absolute Gasteiger partial charge is 0.367 e. The molecule has 3 aromatic rings. The van der Waals surface area contributed by atoms with Crippen molar-refractivity contribution in [2.24, 2.45) is 18.9 Å². The Hall–Kier alpha value is -2.54. The van der Waals surface area contributed by atoms with Crippen molar-refractivity contribution in [3.63, 3.8) is 0 Å². The predicted molar refractivity (Wildman–Crippen MR) is 123 cm³/mol. The van der Waals surface area contributed by atoms with E-state index in [2.05, 4.69) is 31.8 Å². The number of aryl methyl sites for hydroxylation is 1. The highest BCUT2D eigenvalue weighted by atomic mass is 35.5. The van der Waals surface area contributed by atoms with Crippen LogP contribution in [0.3, 0.4) is 0 Å². The summed E-state index contributed by atoms with van der Waals surface area (Å²) in [5.74, 6) is 1.33. The molecule has 7 nitrogen and oxygen atoms in total. The lowest BCUT2D eigenvalue weighted by Gasteiger charge is -2.38. The average Bonchev–Trinajstić information content (AvgIpc) is 3.37. The van der Waals surface area contributed by atoms with E-state index in [-0.39, 0.29) is 5.92 Å². The fraction of sp³-hybridized carbons (Fsp3) is 0.522. The number of H-pyrrole nitrogens is 1. The van der Waals surface area contributed by atoms with E-state index in [1.807, 2.05) is 25.5 Å². The summed E-state index contributed by atoms with van der Waals surface area (Å²) < 4.78 is 1.76. The molecule has 8 heteroatoms. The third kappa shape index (κ3) is 3.80. The highest BCUT2D eigenvalue weighted by Gasteiger charge is 2.30. The summed E-state index contributed by atoms with van der Waals surface area (Å²) in [6, 6.07) is 2.02. The van der Waals surface area contributed by atoms with E-state index in [1.165, 1.54) is 12.8 Å². The van der Waals surface area contributed by atoms with Crippen molar-refractivity contribution in [3.8, 4) is 11.3 Å². The van der Waals surface area contributed by atoms with Crippen molar-refractivity contribution in [2.45, 2.75) is 32.6 Å². The summed E-state index contributed by atoms with van der Waals surface area (Å²) in [6.07, 6.45) is 9.99. The molecule has 1 aliphatic carbocycles. The smallest absolute Gasteiger partial charge is 0.225 e. The molecule has 2 fully saturated rings. The van der Waals surface area contributed by atoms with Gasteiger partial charge in [-0.15, -0.1) is 0 Å². The van der Waals surface area contributed by atoms with Crippen LogP contribution in [0.4, 0.5) is 5.69 Å². The number of fused-ring (bicyclic) bond motifs is 1. The minimum Gasteiger partial charge on any atom is -0.367 e. The van der Waals surface area contributed by atoms with E-state index in [0.717, 1.165) is 72.9 Å². The monoisotopic (exact) mass is 440 g/mol. The second-order valence-electron chi connectivity index (χ2n) is 9.04. The zero-order valence-electron chi connectivity index (χ0n) is 18.1. The van der Waals surface area contributed by atoms with Gasteiger partial charge in [-0.05, 0) is 37.7 Å². The van der Waals surface area contributed by atoms with Crippen molar-refractivity contribution < 1.29 is 4.79 Å². The first-order chi connectivity index (χ1) is 15.0. The lowest BCUT2D eigenvalue weighted by molar-refractivity contribution is -0.137. The van der Waals surface area contributed by atoms with Crippen molar-refractivity contribution in [3.05, 3.63) is 29.7 Å². The van der Waals surface area contributed by atoms with Gasteiger partial charge < -0.3 is 14.8 Å². The van der Waals surface area contributed by atoms with E-state index >= 15 is 0 Å². The summed E-state index contributed by atoms with van der Waals surface area (Å²) in [5, 5.41) is 5.86. The Morgan fingerprint density at radius 3 is 2.58 bits per heavy atom. The van der Waals surface area contributed by atoms with E-state index < -0.39 is 0 Å². The van der Waals surface area contributed by atoms with Crippen molar-refractivity contribution >= 4 is 34.2 Å². The van der Waals surface area contributed by atoms with Crippen molar-refractivity contribution in [2.75, 3.05) is 31.1 Å². The number of carbonyl (C=O) groups is 1. The van der Waals surface area contributed by atoms with E-state index in [0.29, 0.717) is 10.9 Å². The van der Waals surface area contributed by atoms with Gasteiger partial charge in [-0.3, -0.25) is 9.48 Å². The fourth-order valence-electron chi connectivity index (χ4n) is 5.01. The fourth-order valence-corrected chi connectivity index (χ4v) is 5.35. The number of anilines is 1. The van der Waals surface area contributed by atoms with Crippen LogP contribution in [0, 0.1) is 11.8 Å². The topological polar surface area (TPSA) is 70.1 Å². The molecule has 1 saturated carbocycles. The van der Waals surface area contributed by atoms with Gasteiger partial charge in [0.25, 0.3) is 0 Å². The summed E-state index contributed by atoms with van der Waals surface area (Å²) in [6.45, 7) is 5.41. The normalized spacial score (nSPS) is 22.3. The molecule has 0 aromatic carbocycles. The predicted octanol–water partition coefficient (Wildman–Crippen LogP) is 4.09. The molecule has 4 heterocycles. The van der Waals surface area contributed by atoms with Crippen LogP contribution >= 0.6 is 11.6 Å². The molecule has 2 aliphatic rings. The van der Waals surface area contributed by atoms with Crippen LogP contribution in [0.1, 0.15) is 32.6 Å². The molecule has 0 unspecified atom stereocenters. The van der Waals surface area contributed by atoms with Gasteiger partial charge in [-0.1, -0.05) is 18.5 Å². The highest BCUT2D eigenvalue weighted by molar-refractivity contribution is 6.39. The maximum absolute atomic E-state index is 13.0. The zero-order chi connectivity index (χ0) is 21.5. The minimum absolute atomic E-state index is 0.219. The first-order valence-corrected chi connectivity index (χ1v) is 11.6. The SMILES string of the molecule is Cn1cc(-c2[nH]c3nccc(N4CCN(C(=O)[C@H]5CC[C@H](C)CC5)CC4)c3c2Cl)cn1. The third-order valence-electron chi connectivity index (χ3n) is 6.90. The molecular formula is C23H29ClN6O. The molecule has 0 atom stereocenters. The van der Waals surface area contributed by atoms with Crippen LogP contribution in [0.25, 0.3) is 22.3 Å². The summed E-state index contributed by atoms with van der Waals surface area (Å²) in [4.78, 5) is 25.2. The highest BCUT2D eigenvalue weighted by Crippen LogP contribution is 2.39. The summed E-state index contributed by atoms with van der Waals surface area (Å²) >= 11 is 6.82. The lowest BCUT2D eigenvalue weighted by Crippen LogP contribution is -2.50. The molecule has 3 aromatic heterocycles. The number of rotatable bonds is 3. The third-order valence-corrected chi connectivity index (χ3v) is 7.28. The second-order valence-corrected chi connectivity index (χ2v) is 9.42. The summed E-state index contributed by atoms with van der Waals surface area (Å²) in [7, 11) is 1.89. The Kier molecular flexibility index (Phi) is 5.38. The number of hydrogen-bond donors (Lipinski definition) is 1. The van der Waals surface area contributed by atoms with Gasteiger partial charge in [0.15, 0.2) is 0 Å². The Morgan fingerprint density at radius 1 is 1.16 bits per heavy atom. The Balaban J connectivity index is 1.34. The van der Waals surface area contributed by atoms with Crippen LogP contribution in [0.2, 0.25) is 5.02 Å². The average molecular weight is 441 g/mol. The van der Waals surface area contributed by atoms with Gasteiger partial charge in [0.2, 0.25) is 5.91 Å². The van der Waals surface area contributed by atoms with Gasteiger partial charge in [0, 0.05) is 57.1 Å². The molecule has 1 saturated heterocycles. The number of piperazine rings is 1. The number of nitrogens with zero attached hydrogens (tertiary/aromatic N) is 5. The van der Waals surface area contributed by atoms with Crippen molar-refractivity contribution in [1.29, 1.82) is 0 Å². The van der Waals surface area contributed by atoms with Crippen LogP contribution < -0.4 is 4.90 Å². The first-order valence-electron chi connectivity index (χ1n) is 11.2. The number of aromatic nitrogens is 4. The zero-order valence-corrected chi connectivity index (χ0v) is 18.9. The number of hydrogen-bond acceptors (Lipinski definition) is 4. The summed E-state index contributed by atoms with van der Waals surface area (Å²) in [5.41, 5.74) is 3.62. The van der Waals surface area contributed by atoms with E-state index in [4.69, 9.17) is 11.6 Å². The van der Waals surface area contributed by atoms with Gasteiger partial charge in [0.05, 0.1) is 28.0 Å². The molecule has 1 amide bonds. The van der Waals surface area contributed by atoms with Gasteiger partial charge in [-0.25, -0.2) is 4.98 Å². The molecular weight excluding hydrogens is 412 g/mol. The van der Waals surface area contributed by atoms with E-state index in [1.54, 1.807) is 10.9 Å². The maximum atomic E-state index is 13.0.